The molecule has 2 aromatic carbocycles. The highest BCUT2D eigenvalue weighted by Crippen LogP contribution is 2.34. The second-order valence-corrected chi connectivity index (χ2v) is 11.1. The highest BCUT2D eigenvalue weighted by molar-refractivity contribution is 6.07. The van der Waals surface area contributed by atoms with E-state index in [4.69, 9.17) is 23.7 Å². The first kappa shape index (κ1) is 33.7. The van der Waals surface area contributed by atoms with Gasteiger partial charge in [-0.05, 0) is 18.2 Å². The van der Waals surface area contributed by atoms with Crippen molar-refractivity contribution in [2.24, 2.45) is 0 Å². The first-order valence-electron chi connectivity index (χ1n) is 15.1. The number of aromatic nitrogens is 4. The number of hydrogen-bond acceptors (Lipinski definition) is 12. The van der Waals surface area contributed by atoms with E-state index in [1.165, 1.54) is 17.7 Å². The number of benzene rings is 2. The van der Waals surface area contributed by atoms with Gasteiger partial charge >= 0.3 is 23.9 Å². The predicted octanol–water partition coefficient (Wildman–Crippen LogP) is 3.43. The third kappa shape index (κ3) is 8.01. The summed E-state index contributed by atoms with van der Waals surface area (Å²) in [4.78, 5) is 60.8. The number of fused-ring (bicyclic) bond motifs is 1. The molecular formula is C34H34N4O10. The van der Waals surface area contributed by atoms with Crippen LogP contribution in [-0.4, -0.2) is 80.2 Å². The van der Waals surface area contributed by atoms with Crippen LogP contribution in [0.2, 0.25) is 0 Å². The van der Waals surface area contributed by atoms with Gasteiger partial charge < -0.3 is 28.3 Å². The Bertz CT molecular complexity index is 1850. The molecule has 2 aromatic heterocycles. The summed E-state index contributed by atoms with van der Waals surface area (Å²) < 4.78 is 31.1. The summed E-state index contributed by atoms with van der Waals surface area (Å²) in [6, 6.07) is 16.7. The van der Waals surface area contributed by atoms with Gasteiger partial charge in [0, 0.05) is 55.9 Å². The molecule has 0 spiro atoms. The average molecular weight is 659 g/mol. The highest BCUT2D eigenvalue weighted by atomic mass is 16.7. The maximum absolute atomic E-state index is 12.7. The monoisotopic (exact) mass is 658 g/mol. The number of ether oxygens (including phenoxy) is 5. The lowest BCUT2D eigenvalue weighted by atomic mass is 9.97. The molecule has 1 saturated heterocycles. The van der Waals surface area contributed by atoms with Crippen LogP contribution in [0.3, 0.4) is 0 Å². The number of rotatable bonds is 11. The number of hydrogen-bond donors (Lipinski definition) is 0. The van der Waals surface area contributed by atoms with Crippen LogP contribution >= 0.6 is 0 Å². The SMILES string of the molecule is CC(=O)OC[C@H]1O[C@@H](n2cc(Cn3cc(/C=C/C(=O)c4ccccc4)c4ccccc43)nn2)[C@H](OC(C)=O)[C@@H](OC(C)=O)[C@@H]1OC(C)=O. The molecule has 0 N–H and O–H groups in total. The summed E-state index contributed by atoms with van der Waals surface area (Å²) in [5.41, 5.74) is 2.77. The molecule has 14 nitrogen and oxygen atoms in total. The summed E-state index contributed by atoms with van der Waals surface area (Å²) in [7, 11) is 0. The van der Waals surface area contributed by atoms with Crippen LogP contribution in [0, 0.1) is 0 Å². The van der Waals surface area contributed by atoms with Gasteiger partial charge in [0.25, 0.3) is 0 Å². The molecule has 0 saturated carbocycles. The Morgan fingerprint density at radius 2 is 1.44 bits per heavy atom. The van der Waals surface area contributed by atoms with Gasteiger partial charge in [0.05, 0.1) is 12.7 Å². The van der Waals surface area contributed by atoms with Crippen LogP contribution in [0.4, 0.5) is 0 Å². The molecule has 3 heterocycles. The summed E-state index contributed by atoms with van der Waals surface area (Å²) in [6.45, 7) is 4.55. The third-order valence-electron chi connectivity index (χ3n) is 7.41. The van der Waals surface area contributed by atoms with Crippen LogP contribution in [0.25, 0.3) is 17.0 Å². The minimum atomic E-state index is -1.34. The predicted molar refractivity (Wildman–Crippen MR) is 168 cm³/mol. The molecular weight excluding hydrogens is 624 g/mol. The number of allylic oxidation sites excluding steroid dienone is 1. The second kappa shape index (κ2) is 14.9. The van der Waals surface area contributed by atoms with Gasteiger partial charge in [-0.2, -0.15) is 0 Å². The molecule has 0 aliphatic carbocycles. The van der Waals surface area contributed by atoms with Crippen LogP contribution in [0.1, 0.15) is 55.5 Å². The normalized spacial score (nSPS) is 20.7. The molecule has 0 radical (unpaired) electrons. The van der Waals surface area contributed by atoms with E-state index < -0.39 is 54.5 Å². The van der Waals surface area contributed by atoms with Crippen molar-refractivity contribution in [3.8, 4) is 0 Å². The Balaban J connectivity index is 1.45. The van der Waals surface area contributed by atoms with Crippen molar-refractivity contribution < 1.29 is 47.7 Å². The molecule has 1 fully saturated rings. The maximum atomic E-state index is 12.7. The molecule has 0 bridgehead atoms. The summed E-state index contributed by atoms with van der Waals surface area (Å²) >= 11 is 0. The summed E-state index contributed by atoms with van der Waals surface area (Å²) in [5, 5.41) is 9.45. The Kier molecular flexibility index (Phi) is 10.4. The van der Waals surface area contributed by atoms with E-state index in [2.05, 4.69) is 10.3 Å². The van der Waals surface area contributed by atoms with Gasteiger partial charge in [0.1, 0.15) is 18.4 Å². The van der Waals surface area contributed by atoms with E-state index in [0.29, 0.717) is 11.3 Å². The third-order valence-corrected chi connectivity index (χ3v) is 7.41. The largest absolute Gasteiger partial charge is 0.463 e. The first-order valence-corrected chi connectivity index (χ1v) is 15.1. The van der Waals surface area contributed by atoms with Gasteiger partial charge in [-0.15, -0.1) is 5.10 Å². The van der Waals surface area contributed by atoms with Crippen LogP contribution in [0.5, 0.6) is 0 Å². The summed E-state index contributed by atoms with van der Waals surface area (Å²) in [5.74, 6) is -2.94. The van der Waals surface area contributed by atoms with E-state index in [1.807, 2.05) is 53.2 Å². The fraction of sp³-hybridized carbons (Fsp3) is 0.324. The number of ketones is 1. The molecule has 1 aliphatic heterocycles. The highest BCUT2D eigenvalue weighted by Gasteiger charge is 2.53. The van der Waals surface area contributed by atoms with E-state index in [-0.39, 0.29) is 18.9 Å². The van der Waals surface area contributed by atoms with Crippen LogP contribution in [0.15, 0.2) is 73.1 Å². The van der Waals surface area contributed by atoms with Crippen molar-refractivity contribution in [2.45, 2.75) is 64.9 Å². The molecule has 250 valence electrons. The minimum absolute atomic E-state index is 0.125. The summed E-state index contributed by atoms with van der Waals surface area (Å²) in [6.07, 6.45) is 0.445. The fourth-order valence-corrected chi connectivity index (χ4v) is 5.51. The molecule has 5 atom stereocenters. The van der Waals surface area contributed by atoms with Gasteiger partial charge in [0.15, 0.2) is 30.3 Å². The molecule has 4 aromatic rings. The molecule has 14 heteroatoms. The van der Waals surface area contributed by atoms with E-state index in [0.717, 1.165) is 37.2 Å². The fourth-order valence-electron chi connectivity index (χ4n) is 5.51. The van der Waals surface area contributed by atoms with Crippen LogP contribution in [-0.2, 0) is 49.4 Å². The van der Waals surface area contributed by atoms with E-state index >= 15 is 0 Å². The maximum Gasteiger partial charge on any atom is 0.303 e. The topological polar surface area (TPSA) is 167 Å². The number of para-hydroxylation sites is 1. The van der Waals surface area contributed by atoms with E-state index in [9.17, 15) is 24.0 Å². The lowest BCUT2D eigenvalue weighted by Crippen LogP contribution is -2.60. The van der Waals surface area contributed by atoms with Crippen molar-refractivity contribution in [2.75, 3.05) is 6.61 Å². The smallest absolute Gasteiger partial charge is 0.303 e. The van der Waals surface area contributed by atoms with Gasteiger partial charge in [-0.1, -0.05) is 53.7 Å². The number of carbonyl (C=O) groups is 5. The Morgan fingerprint density at radius 1 is 0.792 bits per heavy atom. The van der Waals surface area contributed by atoms with Gasteiger partial charge in [-0.25, -0.2) is 4.68 Å². The minimum Gasteiger partial charge on any atom is -0.463 e. The van der Waals surface area contributed by atoms with Gasteiger partial charge in [-0.3, -0.25) is 24.0 Å². The number of nitrogens with zero attached hydrogens (tertiary/aromatic N) is 4. The molecule has 1 aliphatic rings. The molecule has 5 rings (SSSR count). The quantitative estimate of drug-likeness (QED) is 0.0998. The molecule has 48 heavy (non-hydrogen) atoms. The lowest BCUT2D eigenvalue weighted by Gasteiger charge is -2.44. The Labute approximate surface area is 275 Å². The van der Waals surface area contributed by atoms with Gasteiger partial charge in [0.2, 0.25) is 0 Å². The zero-order chi connectivity index (χ0) is 34.4. The average Bonchev–Trinajstić information content (AvgIpc) is 3.65. The van der Waals surface area contributed by atoms with Crippen molar-refractivity contribution in [1.82, 2.24) is 19.6 Å². The molecule has 0 amide bonds. The van der Waals surface area contributed by atoms with Crippen molar-refractivity contribution in [3.05, 3.63) is 89.9 Å². The first-order chi connectivity index (χ1) is 23.0. The van der Waals surface area contributed by atoms with Crippen molar-refractivity contribution in [1.29, 1.82) is 0 Å². The van der Waals surface area contributed by atoms with Crippen LogP contribution < -0.4 is 0 Å². The number of esters is 4. The van der Waals surface area contributed by atoms with Crippen molar-refractivity contribution in [3.63, 3.8) is 0 Å². The Morgan fingerprint density at radius 3 is 2.12 bits per heavy atom. The second-order valence-electron chi connectivity index (χ2n) is 11.1. The molecule has 0 unspecified atom stereocenters. The Hall–Kier alpha value is -5.63. The number of carbonyl (C=O) groups excluding carboxylic acids is 5. The van der Waals surface area contributed by atoms with Crippen molar-refractivity contribution >= 4 is 46.6 Å². The zero-order valence-corrected chi connectivity index (χ0v) is 26.7. The van der Waals surface area contributed by atoms with E-state index in [1.54, 1.807) is 24.4 Å². The zero-order valence-electron chi connectivity index (χ0n) is 26.7. The standard InChI is InChI=1S/C34H34N4O10/c1-20(39)44-19-30-31(45-21(2)40)32(46-22(3)41)33(47-23(4)42)34(48-30)38-18-26(35-36-38)17-37-16-25(27-12-8-9-13-28(27)37)14-15-29(43)24-10-6-5-7-11-24/h5-16,18,30-34H,17,19H2,1-4H3/b15-14+/t30-,31-,32+,33-,34-/m1/s1. The lowest BCUT2D eigenvalue weighted by molar-refractivity contribution is -0.270.